The molecule has 0 aromatic heterocycles. The number of hydrogen-bond donors (Lipinski definition) is 2. The summed E-state index contributed by atoms with van der Waals surface area (Å²) in [5.41, 5.74) is 0.494. The van der Waals surface area contributed by atoms with Crippen molar-refractivity contribution < 1.29 is 19.4 Å². The van der Waals surface area contributed by atoms with Crippen molar-refractivity contribution in [3.05, 3.63) is 54.6 Å². The number of benzene rings is 2. The highest BCUT2D eigenvalue weighted by Gasteiger charge is 2.20. The number of carbonyl (C=O) groups is 2. The summed E-state index contributed by atoms with van der Waals surface area (Å²) in [6.07, 6.45) is 0. The lowest BCUT2D eigenvalue weighted by Gasteiger charge is -2.18. The van der Waals surface area contributed by atoms with E-state index in [2.05, 4.69) is 5.32 Å². The van der Waals surface area contributed by atoms with Crippen LogP contribution >= 0.6 is 0 Å². The average molecular weight is 328 g/mol. The number of nitrogens with zero attached hydrogens (tertiary/aromatic N) is 1. The maximum atomic E-state index is 12.0. The topological polar surface area (TPSA) is 78.9 Å². The summed E-state index contributed by atoms with van der Waals surface area (Å²) < 4.78 is 5.66. The Morgan fingerprint density at radius 2 is 1.67 bits per heavy atom. The Bertz CT molecular complexity index is 671. The second-order valence-electron chi connectivity index (χ2n) is 5.00. The van der Waals surface area contributed by atoms with Crippen molar-refractivity contribution in [2.75, 3.05) is 25.0 Å². The molecule has 0 heterocycles. The second-order valence-corrected chi connectivity index (χ2v) is 5.00. The standard InChI is InChI=1S/C18H20N2O4/c1-2-20(12-13-21)18(23)17(22)19-14-8-10-16(11-9-14)24-15-6-4-3-5-7-15/h3-11,21H,2,12-13H2,1H3,(H,19,22). The fraction of sp³-hybridized carbons (Fsp3) is 0.222. The van der Waals surface area contributed by atoms with Gasteiger partial charge in [-0.15, -0.1) is 0 Å². The lowest BCUT2D eigenvalue weighted by molar-refractivity contribution is -0.143. The van der Waals surface area contributed by atoms with Crippen LogP contribution in [0.5, 0.6) is 11.5 Å². The van der Waals surface area contributed by atoms with E-state index in [9.17, 15) is 9.59 Å². The molecule has 0 aliphatic rings. The van der Waals surface area contributed by atoms with Gasteiger partial charge in [0, 0.05) is 18.8 Å². The summed E-state index contributed by atoms with van der Waals surface area (Å²) in [7, 11) is 0. The van der Waals surface area contributed by atoms with Gasteiger partial charge < -0.3 is 20.1 Å². The summed E-state index contributed by atoms with van der Waals surface area (Å²) in [6.45, 7) is 2.05. The van der Waals surface area contributed by atoms with E-state index in [1.54, 1.807) is 31.2 Å². The maximum Gasteiger partial charge on any atom is 0.313 e. The molecular formula is C18H20N2O4. The van der Waals surface area contributed by atoms with Crippen molar-refractivity contribution in [3.8, 4) is 11.5 Å². The zero-order valence-electron chi connectivity index (χ0n) is 13.4. The minimum Gasteiger partial charge on any atom is -0.457 e. The van der Waals surface area contributed by atoms with Gasteiger partial charge in [0.15, 0.2) is 0 Å². The van der Waals surface area contributed by atoms with E-state index >= 15 is 0 Å². The number of nitrogens with one attached hydrogen (secondary N) is 1. The molecule has 0 fully saturated rings. The zero-order chi connectivity index (χ0) is 17.4. The van der Waals surface area contributed by atoms with Gasteiger partial charge in [-0.1, -0.05) is 18.2 Å². The van der Waals surface area contributed by atoms with Gasteiger partial charge in [-0.3, -0.25) is 9.59 Å². The number of amides is 2. The van der Waals surface area contributed by atoms with Crippen LogP contribution in [0.25, 0.3) is 0 Å². The highest BCUT2D eigenvalue weighted by Crippen LogP contribution is 2.22. The van der Waals surface area contributed by atoms with Crippen molar-refractivity contribution in [1.29, 1.82) is 0 Å². The molecule has 6 heteroatoms. The number of rotatable bonds is 6. The van der Waals surface area contributed by atoms with Crippen LogP contribution in [0, 0.1) is 0 Å². The summed E-state index contributed by atoms with van der Waals surface area (Å²) in [5.74, 6) is -0.0637. The highest BCUT2D eigenvalue weighted by molar-refractivity contribution is 6.39. The van der Waals surface area contributed by atoms with Crippen LogP contribution in [0.3, 0.4) is 0 Å². The summed E-state index contributed by atoms with van der Waals surface area (Å²) in [5, 5.41) is 11.4. The van der Waals surface area contributed by atoms with Crippen LogP contribution in [0.1, 0.15) is 6.92 Å². The average Bonchev–Trinajstić information content (AvgIpc) is 2.61. The van der Waals surface area contributed by atoms with E-state index in [1.165, 1.54) is 4.90 Å². The first-order valence-corrected chi connectivity index (χ1v) is 7.68. The van der Waals surface area contributed by atoms with Crippen LogP contribution < -0.4 is 10.1 Å². The van der Waals surface area contributed by atoms with E-state index in [0.717, 1.165) is 0 Å². The lowest BCUT2D eigenvalue weighted by atomic mass is 10.3. The third-order valence-electron chi connectivity index (χ3n) is 3.32. The number of anilines is 1. The SMILES string of the molecule is CCN(CCO)C(=O)C(=O)Nc1ccc(Oc2ccccc2)cc1. The minimum absolute atomic E-state index is 0.132. The Morgan fingerprint density at radius 1 is 1.04 bits per heavy atom. The molecule has 2 aromatic carbocycles. The summed E-state index contributed by atoms with van der Waals surface area (Å²) >= 11 is 0. The Morgan fingerprint density at radius 3 is 2.25 bits per heavy atom. The molecule has 0 atom stereocenters. The van der Waals surface area contributed by atoms with Gasteiger partial charge in [0.05, 0.1) is 6.61 Å². The van der Waals surface area contributed by atoms with Crippen molar-refractivity contribution in [2.24, 2.45) is 0 Å². The molecule has 0 unspecified atom stereocenters. The third-order valence-corrected chi connectivity index (χ3v) is 3.32. The van der Waals surface area contributed by atoms with Crippen LogP contribution in [0.4, 0.5) is 5.69 Å². The Hall–Kier alpha value is -2.86. The smallest absolute Gasteiger partial charge is 0.313 e. The Kier molecular flexibility index (Phi) is 6.33. The molecule has 0 saturated carbocycles. The van der Waals surface area contributed by atoms with E-state index < -0.39 is 11.8 Å². The molecule has 2 N–H and O–H groups in total. The predicted octanol–water partition coefficient (Wildman–Crippen LogP) is 2.26. The number of ether oxygens (including phenoxy) is 1. The maximum absolute atomic E-state index is 12.0. The number of carbonyl (C=O) groups excluding carboxylic acids is 2. The zero-order valence-corrected chi connectivity index (χ0v) is 13.4. The monoisotopic (exact) mass is 328 g/mol. The van der Waals surface area contributed by atoms with Gasteiger partial charge in [-0.2, -0.15) is 0 Å². The number of para-hydroxylation sites is 1. The molecule has 6 nitrogen and oxygen atoms in total. The number of likely N-dealkylation sites (N-methyl/N-ethyl adjacent to an activating group) is 1. The van der Waals surface area contributed by atoms with E-state index in [4.69, 9.17) is 9.84 Å². The van der Waals surface area contributed by atoms with E-state index in [-0.39, 0.29) is 13.2 Å². The third kappa shape index (κ3) is 4.82. The van der Waals surface area contributed by atoms with Gasteiger partial charge in [-0.05, 0) is 43.3 Å². The predicted molar refractivity (Wildman–Crippen MR) is 90.9 cm³/mol. The molecule has 126 valence electrons. The van der Waals surface area contributed by atoms with Gasteiger partial charge in [-0.25, -0.2) is 0 Å². The first kappa shape index (κ1) is 17.5. The van der Waals surface area contributed by atoms with Gasteiger partial charge in [0.1, 0.15) is 11.5 Å². The van der Waals surface area contributed by atoms with Gasteiger partial charge in [0.25, 0.3) is 0 Å². The summed E-state index contributed by atoms with van der Waals surface area (Å²) in [4.78, 5) is 25.2. The minimum atomic E-state index is -0.734. The van der Waals surface area contributed by atoms with Crippen molar-refractivity contribution >= 4 is 17.5 Å². The Balaban J connectivity index is 1.96. The Labute approximate surface area is 140 Å². The van der Waals surface area contributed by atoms with Crippen LogP contribution in [-0.2, 0) is 9.59 Å². The fourth-order valence-corrected chi connectivity index (χ4v) is 2.08. The molecule has 24 heavy (non-hydrogen) atoms. The molecule has 2 amide bonds. The molecule has 0 radical (unpaired) electrons. The molecular weight excluding hydrogens is 308 g/mol. The van der Waals surface area contributed by atoms with Crippen LogP contribution in [0.15, 0.2) is 54.6 Å². The molecule has 2 aromatic rings. The first-order valence-electron chi connectivity index (χ1n) is 7.68. The number of hydrogen-bond acceptors (Lipinski definition) is 4. The largest absolute Gasteiger partial charge is 0.457 e. The highest BCUT2D eigenvalue weighted by atomic mass is 16.5. The quantitative estimate of drug-likeness (QED) is 0.797. The molecule has 0 saturated heterocycles. The molecule has 0 bridgehead atoms. The molecule has 0 spiro atoms. The lowest BCUT2D eigenvalue weighted by Crippen LogP contribution is -2.41. The van der Waals surface area contributed by atoms with Crippen molar-refractivity contribution in [2.45, 2.75) is 6.92 Å². The van der Waals surface area contributed by atoms with Gasteiger partial charge in [0.2, 0.25) is 0 Å². The van der Waals surface area contributed by atoms with Crippen LogP contribution in [-0.4, -0.2) is 41.5 Å². The van der Waals surface area contributed by atoms with E-state index in [1.807, 2.05) is 30.3 Å². The van der Waals surface area contributed by atoms with Crippen molar-refractivity contribution in [3.63, 3.8) is 0 Å². The van der Waals surface area contributed by atoms with Gasteiger partial charge >= 0.3 is 11.8 Å². The fourth-order valence-electron chi connectivity index (χ4n) is 2.08. The first-order chi connectivity index (χ1) is 11.6. The number of aliphatic hydroxyl groups excluding tert-OH is 1. The summed E-state index contributed by atoms with van der Waals surface area (Å²) in [6, 6.07) is 16.1. The second kappa shape index (κ2) is 8.69. The van der Waals surface area contributed by atoms with Crippen LogP contribution in [0.2, 0.25) is 0 Å². The normalized spacial score (nSPS) is 10.1. The van der Waals surface area contributed by atoms with Crippen molar-refractivity contribution in [1.82, 2.24) is 4.90 Å². The number of aliphatic hydroxyl groups is 1. The molecule has 0 aliphatic heterocycles. The molecule has 2 rings (SSSR count). The molecule has 0 aliphatic carbocycles. The van der Waals surface area contributed by atoms with E-state index in [0.29, 0.717) is 23.7 Å².